The lowest BCUT2D eigenvalue weighted by Gasteiger charge is -2.06. The fourth-order valence-electron chi connectivity index (χ4n) is 2.45. The maximum absolute atomic E-state index is 5.64. The molecule has 0 atom stereocenters. The van der Waals surface area contributed by atoms with Crippen LogP contribution >= 0.6 is 11.3 Å². The van der Waals surface area contributed by atoms with Gasteiger partial charge in [0.1, 0.15) is 0 Å². The Kier molecular flexibility index (Phi) is 13.6. The number of ether oxygens (including phenoxy) is 2. The molecule has 1 aromatic heterocycles. The summed E-state index contributed by atoms with van der Waals surface area (Å²) in [6.07, 6.45) is 0. The molecule has 3 rings (SSSR count). The average molecular weight is 401 g/mol. The van der Waals surface area contributed by atoms with Gasteiger partial charge >= 0.3 is 0 Å². The number of hydrogen-bond donors (Lipinski definition) is 0. The van der Waals surface area contributed by atoms with Gasteiger partial charge in [0.15, 0.2) is 11.5 Å². The highest BCUT2D eigenvalue weighted by molar-refractivity contribution is 7.19. The molecule has 0 aliphatic rings. The maximum atomic E-state index is 5.64. The second kappa shape index (κ2) is 14.8. The van der Waals surface area contributed by atoms with Crippen molar-refractivity contribution in [3.05, 3.63) is 60.2 Å². The molecule has 2 nitrogen and oxygen atoms in total. The minimum absolute atomic E-state index is 0.800. The Morgan fingerprint density at radius 1 is 0.571 bits per heavy atom. The van der Waals surface area contributed by atoms with Crippen molar-refractivity contribution in [2.45, 2.75) is 48.5 Å². The minimum Gasteiger partial charge on any atom is -0.491 e. The van der Waals surface area contributed by atoms with Crippen LogP contribution in [0.4, 0.5) is 0 Å². The highest BCUT2D eigenvalue weighted by Gasteiger charge is 2.22. The summed E-state index contributed by atoms with van der Waals surface area (Å²) in [4.78, 5) is 2.19. The van der Waals surface area contributed by atoms with E-state index in [1.165, 1.54) is 5.56 Å². The van der Waals surface area contributed by atoms with Crippen LogP contribution in [0.2, 0.25) is 0 Å². The van der Waals surface area contributed by atoms with Crippen LogP contribution in [-0.2, 0) is 0 Å². The SMILES string of the molecule is CC.CC.CC.COc1c(-c2ccccc2)sc(-c2ccc(C)cc2)c1OC. The van der Waals surface area contributed by atoms with Gasteiger partial charge in [0.25, 0.3) is 0 Å². The zero-order valence-corrected chi connectivity index (χ0v) is 19.7. The van der Waals surface area contributed by atoms with Gasteiger partial charge in [-0.1, -0.05) is 102 Å². The predicted molar refractivity (Wildman–Crippen MR) is 127 cm³/mol. The monoisotopic (exact) mass is 400 g/mol. The van der Waals surface area contributed by atoms with Crippen molar-refractivity contribution in [1.82, 2.24) is 0 Å². The van der Waals surface area contributed by atoms with Crippen LogP contribution in [0, 0.1) is 6.92 Å². The van der Waals surface area contributed by atoms with Gasteiger partial charge in [0, 0.05) is 0 Å². The maximum Gasteiger partial charge on any atom is 0.180 e. The lowest BCUT2D eigenvalue weighted by Crippen LogP contribution is -1.89. The molecule has 28 heavy (non-hydrogen) atoms. The lowest BCUT2D eigenvalue weighted by atomic mass is 10.1. The van der Waals surface area contributed by atoms with Crippen molar-refractivity contribution in [2.75, 3.05) is 14.2 Å². The summed E-state index contributed by atoms with van der Waals surface area (Å²) in [6.45, 7) is 14.1. The first-order valence-corrected chi connectivity index (χ1v) is 10.9. The van der Waals surface area contributed by atoms with Crippen LogP contribution in [0.3, 0.4) is 0 Å². The zero-order valence-electron chi connectivity index (χ0n) is 18.9. The molecule has 0 radical (unpaired) electrons. The number of benzene rings is 2. The Bertz CT molecular complexity index is 759. The van der Waals surface area contributed by atoms with Crippen LogP contribution in [-0.4, -0.2) is 14.2 Å². The highest BCUT2D eigenvalue weighted by atomic mass is 32.1. The summed E-state index contributed by atoms with van der Waals surface area (Å²) in [5, 5.41) is 0. The Balaban J connectivity index is 0.00000111. The van der Waals surface area contributed by atoms with Gasteiger partial charge < -0.3 is 9.47 Å². The van der Waals surface area contributed by atoms with Crippen molar-refractivity contribution in [3.63, 3.8) is 0 Å². The summed E-state index contributed by atoms with van der Waals surface area (Å²) < 4.78 is 11.3. The topological polar surface area (TPSA) is 18.5 Å². The molecule has 2 aromatic carbocycles. The van der Waals surface area contributed by atoms with E-state index in [0.717, 1.165) is 32.4 Å². The molecule has 0 aliphatic carbocycles. The third-order valence-corrected chi connectivity index (χ3v) is 4.83. The van der Waals surface area contributed by atoms with Crippen LogP contribution in [0.25, 0.3) is 20.9 Å². The molecule has 0 saturated heterocycles. The molecule has 154 valence electrons. The smallest absolute Gasteiger partial charge is 0.180 e. The fraction of sp³-hybridized carbons (Fsp3) is 0.360. The minimum atomic E-state index is 0.800. The van der Waals surface area contributed by atoms with E-state index in [2.05, 4.69) is 43.3 Å². The average Bonchev–Trinajstić information content (AvgIpc) is 3.17. The van der Waals surface area contributed by atoms with E-state index >= 15 is 0 Å². The Morgan fingerprint density at radius 2 is 0.964 bits per heavy atom. The molecule has 0 saturated carbocycles. The third-order valence-electron chi connectivity index (χ3n) is 3.58. The third kappa shape index (κ3) is 6.42. The number of thiophene rings is 1. The van der Waals surface area contributed by atoms with Gasteiger partial charge in [0.2, 0.25) is 0 Å². The molecule has 3 aromatic rings. The zero-order chi connectivity index (χ0) is 21.5. The highest BCUT2D eigenvalue weighted by Crippen LogP contribution is 2.52. The fourth-order valence-corrected chi connectivity index (χ4v) is 3.70. The first-order valence-electron chi connectivity index (χ1n) is 10.1. The standard InChI is InChI=1S/C19H18O2S.3C2H6/c1-13-9-11-15(12-10-13)19-17(21-3)16(20-2)18(22-19)14-7-5-4-6-8-14;3*1-2/h4-12H,1-3H3;3*1-2H3. The van der Waals surface area contributed by atoms with Crippen molar-refractivity contribution >= 4 is 11.3 Å². The first-order chi connectivity index (χ1) is 13.7. The summed E-state index contributed by atoms with van der Waals surface area (Å²) in [5.41, 5.74) is 3.53. The summed E-state index contributed by atoms with van der Waals surface area (Å²) >= 11 is 1.70. The van der Waals surface area contributed by atoms with Gasteiger partial charge in [0.05, 0.1) is 24.0 Å². The van der Waals surface area contributed by atoms with E-state index in [9.17, 15) is 0 Å². The van der Waals surface area contributed by atoms with Crippen LogP contribution < -0.4 is 9.47 Å². The molecular weight excluding hydrogens is 364 g/mol. The molecule has 0 N–H and O–H groups in total. The van der Waals surface area contributed by atoms with Crippen molar-refractivity contribution < 1.29 is 9.47 Å². The second-order valence-corrected chi connectivity index (χ2v) is 6.08. The van der Waals surface area contributed by atoms with Crippen LogP contribution in [0.15, 0.2) is 54.6 Å². The summed E-state index contributed by atoms with van der Waals surface area (Å²) in [7, 11) is 3.38. The quantitative estimate of drug-likeness (QED) is 0.437. The Hall–Kier alpha value is -2.26. The molecule has 0 fully saturated rings. The lowest BCUT2D eigenvalue weighted by molar-refractivity contribution is 0.360. The summed E-state index contributed by atoms with van der Waals surface area (Å²) in [6, 6.07) is 18.7. The van der Waals surface area contributed by atoms with Gasteiger partial charge in [-0.3, -0.25) is 0 Å². The number of hydrogen-bond acceptors (Lipinski definition) is 3. The van der Waals surface area contributed by atoms with E-state index in [1.54, 1.807) is 25.6 Å². The molecule has 0 unspecified atom stereocenters. The second-order valence-electron chi connectivity index (χ2n) is 5.06. The van der Waals surface area contributed by atoms with E-state index in [4.69, 9.17) is 9.47 Å². The van der Waals surface area contributed by atoms with Gasteiger partial charge in [-0.2, -0.15) is 0 Å². The predicted octanol–water partition coefficient (Wildman–Crippen LogP) is 8.49. The Labute approximate surface area is 176 Å². The number of methoxy groups -OCH3 is 2. The van der Waals surface area contributed by atoms with Crippen molar-refractivity contribution in [1.29, 1.82) is 0 Å². The molecule has 0 aliphatic heterocycles. The molecule has 0 bridgehead atoms. The number of aryl methyl sites for hydroxylation is 1. The van der Waals surface area contributed by atoms with Gasteiger partial charge in [-0.15, -0.1) is 11.3 Å². The van der Waals surface area contributed by atoms with Gasteiger partial charge in [-0.05, 0) is 18.1 Å². The first kappa shape index (κ1) is 25.7. The normalized spacial score (nSPS) is 8.89. The molecule has 1 heterocycles. The van der Waals surface area contributed by atoms with Crippen LogP contribution in [0.5, 0.6) is 11.5 Å². The molecule has 0 spiro atoms. The Morgan fingerprint density at radius 3 is 1.36 bits per heavy atom. The molecule has 3 heteroatoms. The van der Waals surface area contributed by atoms with Crippen LogP contribution in [0.1, 0.15) is 47.1 Å². The number of rotatable bonds is 4. The van der Waals surface area contributed by atoms with E-state index in [1.807, 2.05) is 59.7 Å². The van der Waals surface area contributed by atoms with Crippen molar-refractivity contribution in [2.24, 2.45) is 0 Å². The largest absolute Gasteiger partial charge is 0.491 e. The van der Waals surface area contributed by atoms with E-state index in [-0.39, 0.29) is 0 Å². The van der Waals surface area contributed by atoms with Crippen molar-refractivity contribution in [3.8, 4) is 32.4 Å². The van der Waals surface area contributed by atoms with E-state index < -0.39 is 0 Å². The summed E-state index contributed by atoms with van der Waals surface area (Å²) in [5.74, 6) is 1.60. The van der Waals surface area contributed by atoms with E-state index in [0.29, 0.717) is 0 Å². The van der Waals surface area contributed by atoms with Gasteiger partial charge in [-0.25, -0.2) is 0 Å². The molecular formula is C25H36O2S. The molecule has 0 amide bonds.